The Morgan fingerprint density at radius 3 is 2.36 bits per heavy atom. The van der Waals surface area contributed by atoms with Gasteiger partial charge in [0.15, 0.2) is 5.11 Å². The maximum absolute atomic E-state index is 13.6. The third-order valence-electron chi connectivity index (χ3n) is 11.7. The number of nitrogens with one attached hydrogen (secondary N) is 2. The second kappa shape index (κ2) is 17.5. The van der Waals surface area contributed by atoms with Gasteiger partial charge in [-0.25, -0.2) is 0 Å². The van der Waals surface area contributed by atoms with Crippen LogP contribution in [0.5, 0.6) is 0 Å². The molecule has 1 aliphatic carbocycles. The van der Waals surface area contributed by atoms with Crippen molar-refractivity contribution in [3.63, 3.8) is 0 Å². The fourth-order valence-electron chi connectivity index (χ4n) is 8.96. The molecular weight excluding hydrogens is 738 g/mol. The number of thiocarbonyl (C=S) groups is 1. The lowest BCUT2D eigenvalue weighted by Crippen LogP contribution is -2.61. The van der Waals surface area contributed by atoms with Gasteiger partial charge in [-0.3, -0.25) is 29.5 Å². The molecule has 0 spiro atoms. The Morgan fingerprint density at radius 1 is 1.05 bits per heavy atom. The number of imide groups is 1. The minimum Gasteiger partial charge on any atom is -0.383 e. The van der Waals surface area contributed by atoms with E-state index in [1.807, 2.05) is 38.1 Å². The smallest absolute Gasteiger partial charge is 0.258 e. The van der Waals surface area contributed by atoms with Crippen molar-refractivity contribution >= 4 is 64.3 Å². The average molecular weight is 790 g/mol. The Morgan fingerprint density at radius 2 is 1.75 bits per heavy atom. The van der Waals surface area contributed by atoms with E-state index in [-0.39, 0.29) is 53.9 Å². The van der Waals surface area contributed by atoms with Crippen molar-refractivity contribution in [2.75, 3.05) is 43.0 Å². The van der Waals surface area contributed by atoms with Crippen molar-refractivity contribution in [3.8, 4) is 6.07 Å². The van der Waals surface area contributed by atoms with Gasteiger partial charge >= 0.3 is 0 Å². The van der Waals surface area contributed by atoms with E-state index in [0.717, 1.165) is 69.3 Å². The molecule has 0 radical (unpaired) electrons. The van der Waals surface area contributed by atoms with Gasteiger partial charge in [-0.15, -0.1) is 0 Å². The van der Waals surface area contributed by atoms with Crippen LogP contribution in [-0.4, -0.2) is 112 Å². The molecule has 2 aromatic rings. The van der Waals surface area contributed by atoms with E-state index in [2.05, 4.69) is 45.3 Å². The van der Waals surface area contributed by atoms with E-state index in [9.17, 15) is 24.4 Å². The number of carbonyl (C=O) groups is 4. The number of halogens is 1. The van der Waals surface area contributed by atoms with Gasteiger partial charge in [-0.1, -0.05) is 23.7 Å². The maximum Gasteiger partial charge on any atom is 0.258 e. The molecule has 3 amide bonds. The van der Waals surface area contributed by atoms with Gasteiger partial charge in [-0.05, 0) is 114 Å². The standard InChI is InChI=1S/C41H52ClN7O5S/c1-26-23-46(24-27(2)47(26)33(25-50)22-44-30-9-6-28(7-10-30)35-16-17-37(51)45-38(35)52)18-5-19-54-34-14-12-31(13-15-34)49-40(55)48(39(53)41(49,3)4)32-11-8-29(21-43)36(42)20-32/h6-11,20,25-27,31,33-35,44H,5,12-19,22-24H2,1-4H3,(H,45,51,52)/t26-,27+,31-,33?,34-,35?. The summed E-state index contributed by atoms with van der Waals surface area (Å²) < 4.78 is 6.37. The van der Waals surface area contributed by atoms with Crippen LogP contribution in [0.4, 0.5) is 11.4 Å². The zero-order valence-corrected chi connectivity index (χ0v) is 33.7. The number of ether oxygens (including phenoxy) is 1. The highest BCUT2D eigenvalue weighted by molar-refractivity contribution is 7.80. The zero-order valence-electron chi connectivity index (χ0n) is 32.1. The number of rotatable bonds is 13. The molecule has 3 saturated heterocycles. The number of carbonyl (C=O) groups excluding carboxylic acids is 4. The minimum absolute atomic E-state index is 0.102. The molecule has 3 aliphatic heterocycles. The summed E-state index contributed by atoms with van der Waals surface area (Å²) in [6.45, 7) is 12.0. The molecule has 55 heavy (non-hydrogen) atoms. The lowest BCUT2D eigenvalue weighted by atomic mass is 9.89. The van der Waals surface area contributed by atoms with Crippen LogP contribution in [-0.2, 0) is 23.9 Å². The minimum atomic E-state index is -0.802. The molecular formula is C41H52ClN7O5S. The summed E-state index contributed by atoms with van der Waals surface area (Å²) in [5, 5.41) is 15.9. The first-order valence-corrected chi connectivity index (χ1v) is 20.2. The summed E-state index contributed by atoms with van der Waals surface area (Å²) in [7, 11) is 0. The van der Waals surface area contributed by atoms with Crippen LogP contribution < -0.4 is 15.5 Å². The van der Waals surface area contributed by atoms with Gasteiger partial charge in [0.1, 0.15) is 17.9 Å². The Bertz CT molecular complexity index is 1800. The predicted octanol–water partition coefficient (Wildman–Crippen LogP) is 5.24. The van der Waals surface area contributed by atoms with Crippen molar-refractivity contribution in [2.24, 2.45) is 0 Å². The molecule has 3 heterocycles. The summed E-state index contributed by atoms with van der Waals surface area (Å²) in [6, 6.07) is 14.9. The summed E-state index contributed by atoms with van der Waals surface area (Å²) in [4.78, 5) is 58.1. The number of piperidine rings is 1. The number of amides is 3. The molecule has 1 saturated carbocycles. The fraction of sp³-hybridized carbons (Fsp3) is 0.561. The van der Waals surface area contributed by atoms with E-state index in [0.29, 0.717) is 47.4 Å². The molecule has 0 bridgehead atoms. The summed E-state index contributed by atoms with van der Waals surface area (Å²) in [5.41, 5.74) is 1.89. The first-order valence-electron chi connectivity index (χ1n) is 19.4. The zero-order chi connectivity index (χ0) is 39.4. The van der Waals surface area contributed by atoms with Gasteiger partial charge in [-0.2, -0.15) is 5.26 Å². The molecule has 4 atom stereocenters. The highest BCUT2D eigenvalue weighted by atomic mass is 35.5. The highest BCUT2D eigenvalue weighted by Crippen LogP contribution is 2.39. The van der Waals surface area contributed by atoms with E-state index >= 15 is 0 Å². The molecule has 294 valence electrons. The van der Waals surface area contributed by atoms with Gasteiger partial charge in [0.25, 0.3) is 5.91 Å². The quantitative estimate of drug-likeness (QED) is 0.119. The van der Waals surface area contributed by atoms with Gasteiger partial charge in [0.2, 0.25) is 11.8 Å². The fourth-order valence-corrected chi connectivity index (χ4v) is 9.75. The van der Waals surface area contributed by atoms with E-state index in [4.69, 9.17) is 28.6 Å². The van der Waals surface area contributed by atoms with Gasteiger partial charge in [0, 0.05) is 63.0 Å². The third-order valence-corrected chi connectivity index (χ3v) is 12.4. The van der Waals surface area contributed by atoms with E-state index in [1.165, 1.54) is 0 Å². The topological polar surface area (TPSA) is 138 Å². The molecule has 0 aromatic heterocycles. The van der Waals surface area contributed by atoms with Crippen LogP contribution in [0, 0.1) is 11.3 Å². The molecule has 14 heteroatoms. The lowest BCUT2D eigenvalue weighted by Gasteiger charge is -2.47. The van der Waals surface area contributed by atoms with Crippen LogP contribution in [0.2, 0.25) is 5.02 Å². The normalized spacial score (nSPS) is 26.8. The number of aldehydes is 1. The van der Waals surface area contributed by atoms with Crippen LogP contribution in [0.15, 0.2) is 42.5 Å². The summed E-state index contributed by atoms with van der Waals surface area (Å²) in [5.74, 6) is -0.894. The predicted molar refractivity (Wildman–Crippen MR) is 216 cm³/mol. The lowest BCUT2D eigenvalue weighted by molar-refractivity contribution is -0.134. The number of piperazine rings is 1. The van der Waals surface area contributed by atoms with Crippen molar-refractivity contribution in [1.29, 1.82) is 5.26 Å². The van der Waals surface area contributed by atoms with Crippen LogP contribution in [0.1, 0.15) is 89.7 Å². The Kier molecular flexibility index (Phi) is 12.9. The number of nitriles is 1. The highest BCUT2D eigenvalue weighted by Gasteiger charge is 2.52. The molecule has 4 fully saturated rings. The monoisotopic (exact) mass is 789 g/mol. The molecule has 4 aliphatic rings. The Hall–Kier alpha value is -3.93. The molecule has 2 unspecified atom stereocenters. The van der Waals surface area contributed by atoms with Gasteiger partial charge in [0.05, 0.1) is 34.3 Å². The first-order chi connectivity index (χ1) is 26.3. The summed E-state index contributed by atoms with van der Waals surface area (Å²) in [6.07, 6.45) is 6.53. The molecule has 12 nitrogen and oxygen atoms in total. The van der Waals surface area contributed by atoms with Crippen molar-refractivity contribution < 1.29 is 23.9 Å². The number of hydrogen-bond donors (Lipinski definition) is 2. The largest absolute Gasteiger partial charge is 0.383 e. The van der Waals surface area contributed by atoms with E-state index < -0.39 is 5.54 Å². The SMILES string of the molecule is C[C@@H]1CN(CCCO[C@H]2CC[C@H](N3C(=S)N(c4ccc(C#N)c(Cl)c4)C(=O)C3(C)C)CC2)C[C@H](C)N1C(C=O)CNc1ccc(C2CCC(=O)NC2=O)cc1. The molecule has 2 N–H and O–H groups in total. The molecule has 6 rings (SSSR count). The number of anilines is 2. The first kappa shape index (κ1) is 40.7. The maximum atomic E-state index is 13.6. The summed E-state index contributed by atoms with van der Waals surface area (Å²) >= 11 is 12.2. The third kappa shape index (κ3) is 8.89. The van der Waals surface area contributed by atoms with E-state index in [1.54, 1.807) is 23.1 Å². The number of hydrogen-bond acceptors (Lipinski definition) is 10. The second-order valence-electron chi connectivity index (χ2n) is 15.9. The average Bonchev–Trinajstić information content (AvgIpc) is 3.33. The Labute approximate surface area is 334 Å². The number of nitrogens with zero attached hydrogens (tertiary/aromatic N) is 5. The second-order valence-corrected chi connectivity index (χ2v) is 16.7. The van der Waals surface area contributed by atoms with Crippen LogP contribution >= 0.6 is 23.8 Å². The molecule has 2 aromatic carbocycles. The van der Waals surface area contributed by atoms with Crippen LogP contribution in [0.3, 0.4) is 0 Å². The van der Waals surface area contributed by atoms with Crippen LogP contribution in [0.25, 0.3) is 0 Å². The number of benzene rings is 2. The van der Waals surface area contributed by atoms with Crippen molar-refractivity contribution in [1.82, 2.24) is 20.0 Å². The van der Waals surface area contributed by atoms with Gasteiger partial charge < -0.3 is 24.6 Å². The van der Waals surface area contributed by atoms with Crippen molar-refractivity contribution in [3.05, 3.63) is 58.6 Å². The Balaban J connectivity index is 0.917. The van der Waals surface area contributed by atoms with Crippen molar-refractivity contribution in [2.45, 2.75) is 114 Å².